The van der Waals surface area contributed by atoms with Crippen LogP contribution in [-0.4, -0.2) is 28.8 Å². The Bertz CT molecular complexity index is 519. The first-order chi connectivity index (χ1) is 8.58. The predicted octanol–water partition coefficient (Wildman–Crippen LogP) is 1.43. The van der Waals surface area contributed by atoms with Gasteiger partial charge in [0.25, 0.3) is 0 Å². The lowest BCUT2D eigenvalue weighted by Crippen LogP contribution is -2.33. The van der Waals surface area contributed by atoms with Gasteiger partial charge in [0.2, 0.25) is 5.91 Å². The Hall–Kier alpha value is -1.43. The molecule has 1 aromatic heterocycles. The van der Waals surface area contributed by atoms with Gasteiger partial charge in [-0.05, 0) is 17.5 Å². The van der Waals surface area contributed by atoms with Crippen molar-refractivity contribution in [3.63, 3.8) is 0 Å². The van der Waals surface area contributed by atoms with Crippen molar-refractivity contribution in [2.75, 3.05) is 6.54 Å². The van der Waals surface area contributed by atoms with Crippen LogP contribution in [0.1, 0.15) is 17.9 Å². The highest BCUT2D eigenvalue weighted by molar-refractivity contribution is 7.19. The number of fused-ring (bicyclic) bond motifs is 1. The molecule has 5 heteroatoms. The molecule has 0 spiro atoms. The van der Waals surface area contributed by atoms with Crippen molar-refractivity contribution in [3.8, 4) is 0 Å². The number of carbonyl (C=O) groups excluding carboxylic acids is 1. The van der Waals surface area contributed by atoms with Crippen LogP contribution in [0.25, 0.3) is 10.1 Å². The first-order valence-corrected chi connectivity index (χ1v) is 6.48. The first-order valence-electron chi connectivity index (χ1n) is 5.67. The fourth-order valence-corrected chi connectivity index (χ4v) is 2.81. The lowest BCUT2D eigenvalue weighted by molar-refractivity contribution is -0.119. The van der Waals surface area contributed by atoms with E-state index in [2.05, 4.69) is 5.32 Å². The molecule has 4 nitrogen and oxygen atoms in total. The van der Waals surface area contributed by atoms with Crippen LogP contribution in [0.5, 0.6) is 0 Å². The van der Waals surface area contributed by atoms with Gasteiger partial charge in [0.05, 0.1) is 0 Å². The van der Waals surface area contributed by atoms with E-state index in [-0.39, 0.29) is 12.5 Å². The molecule has 1 aromatic carbocycles. The van der Waals surface area contributed by atoms with E-state index in [0.29, 0.717) is 4.88 Å². The summed E-state index contributed by atoms with van der Waals surface area (Å²) in [4.78, 5) is 11.4. The minimum atomic E-state index is -0.998. The molecule has 0 aliphatic heterocycles. The van der Waals surface area contributed by atoms with Crippen LogP contribution in [0.2, 0.25) is 0 Å². The zero-order valence-corrected chi connectivity index (χ0v) is 10.8. The molecule has 2 rings (SSSR count). The summed E-state index contributed by atoms with van der Waals surface area (Å²) in [7, 11) is 0. The molecular formula is C13H15NO3S. The normalized spacial score (nSPS) is 14.4. The maximum absolute atomic E-state index is 10.7. The second-order valence-electron chi connectivity index (χ2n) is 4.14. The molecular weight excluding hydrogens is 250 g/mol. The van der Waals surface area contributed by atoms with Gasteiger partial charge in [0, 0.05) is 23.0 Å². The SMILES string of the molecule is CC(=O)NCC(O)C(O)c1cc2ccccc2s1. The second kappa shape index (κ2) is 5.48. The molecule has 0 bridgehead atoms. The number of hydrogen-bond donors (Lipinski definition) is 3. The average molecular weight is 265 g/mol. The Morgan fingerprint density at radius 3 is 2.78 bits per heavy atom. The molecule has 0 aliphatic rings. The third kappa shape index (κ3) is 2.87. The van der Waals surface area contributed by atoms with E-state index in [1.54, 1.807) is 0 Å². The van der Waals surface area contributed by atoms with Crippen molar-refractivity contribution in [2.24, 2.45) is 0 Å². The quantitative estimate of drug-likeness (QED) is 0.783. The number of carbonyl (C=O) groups is 1. The molecule has 0 aliphatic carbocycles. The molecule has 1 heterocycles. The molecule has 2 unspecified atom stereocenters. The topological polar surface area (TPSA) is 69.6 Å². The Morgan fingerprint density at radius 1 is 1.39 bits per heavy atom. The maximum Gasteiger partial charge on any atom is 0.216 e. The zero-order valence-electron chi connectivity index (χ0n) is 9.96. The third-order valence-electron chi connectivity index (χ3n) is 2.66. The van der Waals surface area contributed by atoms with Crippen molar-refractivity contribution in [3.05, 3.63) is 35.2 Å². The van der Waals surface area contributed by atoms with Gasteiger partial charge < -0.3 is 15.5 Å². The van der Waals surface area contributed by atoms with Gasteiger partial charge in [-0.15, -0.1) is 11.3 Å². The standard InChI is InChI=1S/C13H15NO3S/c1-8(15)14-7-10(16)13(17)12-6-9-4-2-3-5-11(9)18-12/h2-6,10,13,16-17H,7H2,1H3,(H,14,15). The van der Waals surface area contributed by atoms with Gasteiger partial charge in [0.1, 0.15) is 12.2 Å². The van der Waals surface area contributed by atoms with Gasteiger partial charge in [0.15, 0.2) is 0 Å². The van der Waals surface area contributed by atoms with Crippen LogP contribution in [0.15, 0.2) is 30.3 Å². The fourth-order valence-electron chi connectivity index (χ4n) is 1.70. The van der Waals surface area contributed by atoms with Crippen LogP contribution in [-0.2, 0) is 4.79 Å². The summed E-state index contributed by atoms with van der Waals surface area (Å²) >= 11 is 1.45. The summed E-state index contributed by atoms with van der Waals surface area (Å²) in [5.41, 5.74) is 0. The van der Waals surface area contributed by atoms with Gasteiger partial charge >= 0.3 is 0 Å². The Morgan fingerprint density at radius 2 is 2.11 bits per heavy atom. The Labute approximate surface area is 109 Å². The van der Waals surface area contributed by atoms with Crippen LogP contribution in [0.4, 0.5) is 0 Å². The maximum atomic E-state index is 10.7. The Balaban J connectivity index is 2.12. The van der Waals surface area contributed by atoms with Crippen molar-refractivity contribution >= 4 is 27.3 Å². The van der Waals surface area contributed by atoms with Gasteiger partial charge in [-0.1, -0.05) is 18.2 Å². The first kappa shape index (κ1) is 13.0. The highest BCUT2D eigenvalue weighted by atomic mass is 32.1. The molecule has 0 fully saturated rings. The number of amides is 1. The van der Waals surface area contributed by atoms with Crippen molar-refractivity contribution in [2.45, 2.75) is 19.1 Å². The highest BCUT2D eigenvalue weighted by Crippen LogP contribution is 2.31. The van der Waals surface area contributed by atoms with E-state index in [0.717, 1.165) is 10.1 Å². The van der Waals surface area contributed by atoms with Crippen LogP contribution in [0.3, 0.4) is 0 Å². The van der Waals surface area contributed by atoms with E-state index in [1.807, 2.05) is 30.3 Å². The molecule has 0 radical (unpaired) electrons. The number of thiophene rings is 1. The van der Waals surface area contributed by atoms with E-state index >= 15 is 0 Å². The monoisotopic (exact) mass is 265 g/mol. The summed E-state index contributed by atoms with van der Waals surface area (Å²) in [6.07, 6.45) is -1.98. The van der Waals surface area contributed by atoms with Crippen molar-refractivity contribution < 1.29 is 15.0 Å². The van der Waals surface area contributed by atoms with Crippen molar-refractivity contribution in [1.29, 1.82) is 0 Å². The lowest BCUT2D eigenvalue weighted by Gasteiger charge is -2.16. The second-order valence-corrected chi connectivity index (χ2v) is 5.25. The van der Waals surface area contributed by atoms with Crippen molar-refractivity contribution in [1.82, 2.24) is 5.32 Å². The summed E-state index contributed by atoms with van der Waals surface area (Å²) < 4.78 is 1.07. The predicted molar refractivity (Wildman–Crippen MR) is 71.5 cm³/mol. The summed E-state index contributed by atoms with van der Waals surface area (Å²) in [5, 5.41) is 23.3. The van der Waals surface area contributed by atoms with Gasteiger partial charge in [-0.25, -0.2) is 0 Å². The highest BCUT2D eigenvalue weighted by Gasteiger charge is 2.20. The van der Waals surface area contributed by atoms with Crippen LogP contribution >= 0.6 is 11.3 Å². The molecule has 1 amide bonds. The van der Waals surface area contributed by atoms with Crippen LogP contribution in [0, 0.1) is 0 Å². The minimum absolute atomic E-state index is 0.0464. The molecule has 3 N–H and O–H groups in total. The molecule has 18 heavy (non-hydrogen) atoms. The number of aliphatic hydroxyl groups excluding tert-OH is 2. The Kier molecular flexibility index (Phi) is 3.96. The molecule has 96 valence electrons. The van der Waals surface area contributed by atoms with Crippen LogP contribution < -0.4 is 5.32 Å². The van der Waals surface area contributed by atoms with E-state index in [9.17, 15) is 15.0 Å². The number of nitrogens with one attached hydrogen (secondary N) is 1. The summed E-state index contributed by atoms with van der Waals surface area (Å²) in [6, 6.07) is 9.65. The van der Waals surface area contributed by atoms with Gasteiger partial charge in [-0.2, -0.15) is 0 Å². The molecule has 2 aromatic rings. The van der Waals surface area contributed by atoms with E-state index in [4.69, 9.17) is 0 Å². The van der Waals surface area contributed by atoms with E-state index in [1.165, 1.54) is 18.3 Å². The molecule has 2 atom stereocenters. The van der Waals surface area contributed by atoms with Gasteiger partial charge in [-0.3, -0.25) is 4.79 Å². The summed E-state index contributed by atoms with van der Waals surface area (Å²) in [5.74, 6) is -0.224. The minimum Gasteiger partial charge on any atom is -0.388 e. The molecule has 0 saturated heterocycles. The number of hydrogen-bond acceptors (Lipinski definition) is 4. The largest absolute Gasteiger partial charge is 0.388 e. The zero-order chi connectivity index (χ0) is 13.1. The number of aliphatic hydroxyl groups is 2. The number of rotatable bonds is 4. The molecule has 0 saturated carbocycles. The third-order valence-corrected chi connectivity index (χ3v) is 3.85. The average Bonchev–Trinajstić information content (AvgIpc) is 2.78. The van der Waals surface area contributed by atoms with E-state index < -0.39 is 12.2 Å². The number of benzene rings is 1. The summed E-state index contributed by atoms with van der Waals surface area (Å²) in [6.45, 7) is 1.42. The lowest BCUT2D eigenvalue weighted by atomic mass is 10.1. The smallest absolute Gasteiger partial charge is 0.216 e. The fraction of sp³-hybridized carbons (Fsp3) is 0.308.